The highest BCUT2D eigenvalue weighted by Crippen LogP contribution is 2.30. The lowest BCUT2D eigenvalue weighted by atomic mass is 10.1. The molecule has 0 aliphatic rings. The fraction of sp³-hybridized carbons (Fsp3) is 0. The monoisotopic (exact) mass is 257 g/mol. The SMILES string of the molecule is N#Cc1ccc(Sc2ccc(F)cc2)c(C=O)c1. The van der Waals surface area contributed by atoms with E-state index >= 15 is 0 Å². The molecule has 0 heterocycles. The Morgan fingerprint density at radius 1 is 1.17 bits per heavy atom. The third-order valence-electron chi connectivity index (χ3n) is 2.31. The maximum absolute atomic E-state index is 12.8. The molecule has 2 nitrogen and oxygen atoms in total. The van der Waals surface area contributed by atoms with Gasteiger partial charge in [-0.25, -0.2) is 4.39 Å². The first-order valence-electron chi connectivity index (χ1n) is 5.15. The lowest BCUT2D eigenvalue weighted by molar-refractivity contribution is 0.112. The number of aldehydes is 1. The Morgan fingerprint density at radius 3 is 2.50 bits per heavy atom. The molecule has 18 heavy (non-hydrogen) atoms. The first-order valence-corrected chi connectivity index (χ1v) is 5.97. The Bertz CT molecular complexity index is 617. The van der Waals surface area contributed by atoms with Crippen molar-refractivity contribution in [3.05, 3.63) is 59.4 Å². The van der Waals surface area contributed by atoms with Crippen LogP contribution in [0.1, 0.15) is 15.9 Å². The number of hydrogen-bond donors (Lipinski definition) is 0. The van der Waals surface area contributed by atoms with E-state index in [4.69, 9.17) is 5.26 Å². The summed E-state index contributed by atoms with van der Waals surface area (Å²) in [7, 11) is 0. The van der Waals surface area contributed by atoms with Crippen molar-refractivity contribution in [1.82, 2.24) is 0 Å². The summed E-state index contributed by atoms with van der Waals surface area (Å²) in [6, 6.07) is 12.9. The topological polar surface area (TPSA) is 40.9 Å². The maximum atomic E-state index is 12.8. The van der Waals surface area contributed by atoms with Gasteiger partial charge in [-0.3, -0.25) is 4.79 Å². The average Bonchev–Trinajstić information content (AvgIpc) is 2.41. The number of carbonyl (C=O) groups is 1. The van der Waals surface area contributed by atoms with Crippen LogP contribution in [0.15, 0.2) is 52.3 Å². The van der Waals surface area contributed by atoms with Crippen LogP contribution < -0.4 is 0 Å². The summed E-state index contributed by atoms with van der Waals surface area (Å²) in [6.07, 6.45) is 0.715. The standard InChI is InChI=1S/C14H8FNOS/c15-12-2-4-13(5-3-12)18-14-6-1-10(8-16)7-11(14)9-17/h1-7,9H. The summed E-state index contributed by atoms with van der Waals surface area (Å²) in [6.45, 7) is 0. The van der Waals surface area contributed by atoms with E-state index in [1.807, 2.05) is 6.07 Å². The molecule has 2 rings (SSSR count). The molecule has 0 atom stereocenters. The zero-order valence-corrected chi connectivity index (χ0v) is 10.1. The van der Waals surface area contributed by atoms with Gasteiger partial charge in [0.2, 0.25) is 0 Å². The fourth-order valence-electron chi connectivity index (χ4n) is 1.43. The molecule has 0 aliphatic heterocycles. The van der Waals surface area contributed by atoms with Gasteiger partial charge in [0.05, 0.1) is 11.6 Å². The van der Waals surface area contributed by atoms with Crippen molar-refractivity contribution >= 4 is 18.0 Å². The highest BCUT2D eigenvalue weighted by molar-refractivity contribution is 7.99. The minimum Gasteiger partial charge on any atom is -0.298 e. The molecule has 0 radical (unpaired) electrons. The Morgan fingerprint density at radius 2 is 1.89 bits per heavy atom. The summed E-state index contributed by atoms with van der Waals surface area (Å²) < 4.78 is 12.8. The van der Waals surface area contributed by atoms with Crippen LogP contribution in [0, 0.1) is 17.1 Å². The predicted molar refractivity (Wildman–Crippen MR) is 67.1 cm³/mol. The molecular formula is C14H8FNOS. The van der Waals surface area contributed by atoms with Gasteiger partial charge < -0.3 is 0 Å². The Labute approximate surface area is 108 Å². The molecule has 0 bridgehead atoms. The van der Waals surface area contributed by atoms with Gasteiger partial charge in [0.1, 0.15) is 5.82 Å². The third kappa shape index (κ3) is 2.76. The van der Waals surface area contributed by atoms with Crippen molar-refractivity contribution in [2.75, 3.05) is 0 Å². The van der Waals surface area contributed by atoms with Crippen LogP contribution in [0.25, 0.3) is 0 Å². The second kappa shape index (κ2) is 5.48. The smallest absolute Gasteiger partial charge is 0.151 e. The Balaban J connectivity index is 2.31. The average molecular weight is 257 g/mol. The quantitative estimate of drug-likeness (QED) is 0.788. The van der Waals surface area contributed by atoms with Gasteiger partial charge in [-0.2, -0.15) is 5.26 Å². The van der Waals surface area contributed by atoms with E-state index in [1.165, 1.54) is 23.9 Å². The van der Waals surface area contributed by atoms with Crippen LogP contribution in [-0.2, 0) is 0 Å². The van der Waals surface area contributed by atoms with Gasteiger partial charge in [0, 0.05) is 15.4 Å². The van der Waals surface area contributed by atoms with Crippen molar-refractivity contribution < 1.29 is 9.18 Å². The van der Waals surface area contributed by atoms with Gasteiger partial charge in [-0.05, 0) is 42.5 Å². The summed E-state index contributed by atoms with van der Waals surface area (Å²) in [4.78, 5) is 12.5. The summed E-state index contributed by atoms with van der Waals surface area (Å²) in [5.41, 5.74) is 0.906. The van der Waals surface area contributed by atoms with Gasteiger partial charge in [-0.1, -0.05) is 11.8 Å². The molecule has 0 fully saturated rings. The van der Waals surface area contributed by atoms with Gasteiger partial charge in [0.15, 0.2) is 6.29 Å². The lowest BCUT2D eigenvalue weighted by Gasteiger charge is -2.04. The molecule has 0 unspecified atom stereocenters. The number of nitriles is 1. The molecule has 0 spiro atoms. The molecule has 0 amide bonds. The van der Waals surface area contributed by atoms with E-state index in [-0.39, 0.29) is 5.82 Å². The van der Waals surface area contributed by atoms with Crippen LogP contribution in [0.3, 0.4) is 0 Å². The molecule has 2 aromatic rings. The van der Waals surface area contributed by atoms with Gasteiger partial charge in [0.25, 0.3) is 0 Å². The molecule has 0 N–H and O–H groups in total. The second-order valence-corrected chi connectivity index (χ2v) is 4.65. The van der Waals surface area contributed by atoms with Crippen LogP contribution in [-0.4, -0.2) is 6.29 Å². The van der Waals surface area contributed by atoms with Crippen LogP contribution in [0.5, 0.6) is 0 Å². The van der Waals surface area contributed by atoms with E-state index in [9.17, 15) is 9.18 Å². The number of halogens is 1. The van der Waals surface area contributed by atoms with Gasteiger partial charge >= 0.3 is 0 Å². The third-order valence-corrected chi connectivity index (χ3v) is 3.41. The van der Waals surface area contributed by atoms with Crippen molar-refractivity contribution in [3.63, 3.8) is 0 Å². The van der Waals surface area contributed by atoms with Crippen molar-refractivity contribution in [3.8, 4) is 6.07 Å². The molecule has 4 heteroatoms. The van der Waals surface area contributed by atoms with E-state index < -0.39 is 0 Å². The van der Waals surface area contributed by atoms with Crippen molar-refractivity contribution in [2.45, 2.75) is 9.79 Å². The molecule has 2 aromatic carbocycles. The zero-order chi connectivity index (χ0) is 13.0. The van der Waals surface area contributed by atoms with E-state index in [1.54, 1.807) is 30.3 Å². The molecular weight excluding hydrogens is 249 g/mol. The Hall–Kier alpha value is -2.12. The molecule has 0 saturated heterocycles. The molecule has 88 valence electrons. The van der Waals surface area contributed by atoms with Crippen LogP contribution in [0.4, 0.5) is 4.39 Å². The number of carbonyl (C=O) groups excluding carboxylic acids is 1. The number of nitrogens with zero attached hydrogens (tertiary/aromatic N) is 1. The maximum Gasteiger partial charge on any atom is 0.151 e. The molecule has 0 aliphatic carbocycles. The first kappa shape index (κ1) is 12.3. The lowest BCUT2D eigenvalue weighted by Crippen LogP contribution is -1.87. The van der Waals surface area contributed by atoms with Gasteiger partial charge in [-0.15, -0.1) is 0 Å². The number of hydrogen-bond acceptors (Lipinski definition) is 3. The highest BCUT2D eigenvalue weighted by atomic mass is 32.2. The first-order chi connectivity index (χ1) is 8.72. The second-order valence-electron chi connectivity index (χ2n) is 3.54. The van der Waals surface area contributed by atoms with Crippen LogP contribution >= 0.6 is 11.8 Å². The molecule has 0 saturated carbocycles. The zero-order valence-electron chi connectivity index (χ0n) is 9.26. The minimum atomic E-state index is -0.296. The minimum absolute atomic E-state index is 0.296. The van der Waals surface area contributed by atoms with E-state index in [0.717, 1.165) is 9.79 Å². The predicted octanol–water partition coefficient (Wildman–Crippen LogP) is 3.66. The van der Waals surface area contributed by atoms with E-state index in [0.29, 0.717) is 17.4 Å². The number of benzene rings is 2. The normalized spacial score (nSPS) is 9.78. The fourth-order valence-corrected chi connectivity index (χ4v) is 2.32. The summed E-state index contributed by atoms with van der Waals surface area (Å²) in [5.74, 6) is -0.296. The highest BCUT2D eigenvalue weighted by Gasteiger charge is 2.05. The number of rotatable bonds is 3. The Kier molecular flexibility index (Phi) is 3.75. The molecule has 0 aromatic heterocycles. The van der Waals surface area contributed by atoms with Crippen molar-refractivity contribution in [1.29, 1.82) is 5.26 Å². The summed E-state index contributed by atoms with van der Waals surface area (Å²) in [5, 5.41) is 8.75. The van der Waals surface area contributed by atoms with Crippen molar-refractivity contribution in [2.24, 2.45) is 0 Å². The van der Waals surface area contributed by atoms with Crippen LogP contribution in [0.2, 0.25) is 0 Å². The summed E-state index contributed by atoms with van der Waals surface area (Å²) >= 11 is 1.36. The largest absolute Gasteiger partial charge is 0.298 e. The van der Waals surface area contributed by atoms with E-state index in [2.05, 4.69) is 0 Å².